The molecule has 1 aliphatic heterocycles. The molecular weight excluding hydrogens is 282 g/mol. The summed E-state index contributed by atoms with van der Waals surface area (Å²) in [6, 6.07) is 6.26. The van der Waals surface area contributed by atoms with Gasteiger partial charge in [0.05, 0.1) is 0 Å². The van der Waals surface area contributed by atoms with Crippen molar-refractivity contribution in [3.05, 3.63) is 29.3 Å². The van der Waals surface area contributed by atoms with Gasteiger partial charge in [0.1, 0.15) is 0 Å². The number of nitrogens with one attached hydrogen (secondary N) is 1. The minimum atomic E-state index is 0.143. The van der Waals surface area contributed by atoms with Crippen molar-refractivity contribution < 1.29 is 4.79 Å². The molecule has 1 aromatic rings. The normalized spacial score (nSPS) is 15.6. The largest absolute Gasteiger partial charge is 0.347 e. The highest BCUT2D eigenvalue weighted by molar-refractivity contribution is 7.80. The Morgan fingerprint density at radius 2 is 1.76 bits per heavy atom. The third-order valence-corrected chi connectivity index (χ3v) is 4.35. The fraction of sp³-hybridized carbons (Fsp3) is 0.500. The van der Waals surface area contributed by atoms with Crippen molar-refractivity contribution in [2.24, 2.45) is 0 Å². The van der Waals surface area contributed by atoms with Crippen LogP contribution in [-0.2, 0) is 4.79 Å². The first-order chi connectivity index (χ1) is 9.97. The van der Waals surface area contributed by atoms with E-state index in [1.165, 1.54) is 11.1 Å². The maximum Gasteiger partial charge on any atom is 0.219 e. The Balaban J connectivity index is 1.96. The first-order valence-electron chi connectivity index (χ1n) is 7.36. The molecule has 0 radical (unpaired) electrons. The Bertz CT molecular complexity index is 544. The molecule has 0 unspecified atom stereocenters. The van der Waals surface area contributed by atoms with Crippen molar-refractivity contribution in [2.45, 2.75) is 27.2 Å². The van der Waals surface area contributed by atoms with Crippen molar-refractivity contribution in [1.82, 2.24) is 9.80 Å². The standard InChI is InChI=1S/C16H23N3OS/c1-12-5-6-15(11-13(12)2)17-16(21)19-8-4-7-18(9-10-19)14(3)20/h5-6,11H,4,7-10H2,1-3H3,(H,17,21). The highest BCUT2D eigenvalue weighted by atomic mass is 32.1. The molecule has 0 atom stereocenters. The minimum absolute atomic E-state index is 0.143. The summed E-state index contributed by atoms with van der Waals surface area (Å²) in [6.07, 6.45) is 0.953. The van der Waals surface area contributed by atoms with Crippen LogP contribution in [0.3, 0.4) is 0 Å². The van der Waals surface area contributed by atoms with E-state index in [9.17, 15) is 4.79 Å². The maximum atomic E-state index is 11.4. The van der Waals surface area contributed by atoms with Gasteiger partial charge in [-0.1, -0.05) is 6.07 Å². The molecule has 1 aliphatic rings. The van der Waals surface area contributed by atoms with Crippen LogP contribution >= 0.6 is 12.2 Å². The second-order valence-electron chi connectivity index (χ2n) is 5.58. The second kappa shape index (κ2) is 6.89. The highest BCUT2D eigenvalue weighted by Crippen LogP contribution is 2.15. The number of nitrogens with zero attached hydrogens (tertiary/aromatic N) is 2. The van der Waals surface area contributed by atoms with Gasteiger partial charge in [-0.2, -0.15) is 0 Å². The summed E-state index contributed by atoms with van der Waals surface area (Å²) in [5.41, 5.74) is 3.55. The molecule has 0 bridgehead atoms. The van der Waals surface area contributed by atoms with Crippen LogP contribution < -0.4 is 5.32 Å². The number of thiocarbonyl (C=S) groups is 1. The van der Waals surface area contributed by atoms with E-state index in [2.05, 4.69) is 36.2 Å². The molecule has 0 spiro atoms. The Morgan fingerprint density at radius 1 is 1.10 bits per heavy atom. The van der Waals surface area contributed by atoms with Gasteiger partial charge in [0.25, 0.3) is 0 Å². The average molecular weight is 305 g/mol. The SMILES string of the molecule is CC(=O)N1CCCN(C(=S)Nc2ccc(C)c(C)c2)CC1. The number of anilines is 1. The molecule has 5 heteroatoms. The van der Waals surface area contributed by atoms with Crippen molar-refractivity contribution in [3.63, 3.8) is 0 Å². The maximum absolute atomic E-state index is 11.4. The molecule has 1 saturated heterocycles. The van der Waals surface area contributed by atoms with Crippen LogP contribution in [0.15, 0.2) is 18.2 Å². The molecule has 0 aliphatic carbocycles. The highest BCUT2D eigenvalue weighted by Gasteiger charge is 2.18. The van der Waals surface area contributed by atoms with Crippen molar-refractivity contribution in [1.29, 1.82) is 0 Å². The Labute approximate surface area is 132 Å². The van der Waals surface area contributed by atoms with E-state index < -0.39 is 0 Å². The van der Waals surface area contributed by atoms with E-state index in [4.69, 9.17) is 12.2 Å². The number of carbonyl (C=O) groups excluding carboxylic acids is 1. The predicted octanol–water partition coefficient (Wildman–Crippen LogP) is 2.55. The minimum Gasteiger partial charge on any atom is -0.347 e. The van der Waals surface area contributed by atoms with Crippen LogP contribution in [0.5, 0.6) is 0 Å². The zero-order valence-corrected chi connectivity index (χ0v) is 13.8. The van der Waals surface area contributed by atoms with E-state index in [1.54, 1.807) is 6.92 Å². The van der Waals surface area contributed by atoms with Crippen LogP contribution in [0.1, 0.15) is 24.5 Å². The molecule has 2 rings (SSSR count). The number of aryl methyl sites for hydroxylation is 2. The summed E-state index contributed by atoms with van der Waals surface area (Å²) < 4.78 is 0. The molecular formula is C16H23N3OS. The summed E-state index contributed by atoms with van der Waals surface area (Å²) in [6.45, 7) is 9.06. The van der Waals surface area contributed by atoms with Crippen LogP contribution in [0, 0.1) is 13.8 Å². The van der Waals surface area contributed by atoms with Gasteiger partial charge >= 0.3 is 0 Å². The lowest BCUT2D eigenvalue weighted by Gasteiger charge is -2.24. The van der Waals surface area contributed by atoms with E-state index in [1.807, 2.05) is 11.0 Å². The topological polar surface area (TPSA) is 35.6 Å². The Hall–Kier alpha value is -1.62. The van der Waals surface area contributed by atoms with Crippen LogP contribution in [0.4, 0.5) is 5.69 Å². The average Bonchev–Trinajstić information content (AvgIpc) is 2.69. The van der Waals surface area contributed by atoms with Crippen molar-refractivity contribution in [2.75, 3.05) is 31.5 Å². The second-order valence-corrected chi connectivity index (χ2v) is 5.96. The quantitative estimate of drug-likeness (QED) is 0.809. The number of rotatable bonds is 1. The lowest BCUT2D eigenvalue weighted by Crippen LogP contribution is -2.38. The number of carbonyl (C=O) groups is 1. The lowest BCUT2D eigenvalue weighted by molar-refractivity contribution is -0.128. The summed E-state index contributed by atoms with van der Waals surface area (Å²) in [7, 11) is 0. The van der Waals surface area contributed by atoms with E-state index in [0.717, 1.165) is 43.4 Å². The van der Waals surface area contributed by atoms with Gasteiger partial charge in [0.2, 0.25) is 5.91 Å². The summed E-state index contributed by atoms with van der Waals surface area (Å²) in [5, 5.41) is 4.04. The predicted molar refractivity (Wildman–Crippen MR) is 90.6 cm³/mol. The monoisotopic (exact) mass is 305 g/mol. The summed E-state index contributed by atoms with van der Waals surface area (Å²) in [4.78, 5) is 15.5. The number of amides is 1. The molecule has 1 heterocycles. The first kappa shape index (κ1) is 15.8. The van der Waals surface area contributed by atoms with Gasteiger partial charge in [0.15, 0.2) is 5.11 Å². The zero-order chi connectivity index (χ0) is 15.4. The molecule has 1 fully saturated rings. The number of benzene rings is 1. The first-order valence-corrected chi connectivity index (χ1v) is 7.77. The van der Waals surface area contributed by atoms with E-state index >= 15 is 0 Å². The zero-order valence-electron chi connectivity index (χ0n) is 13.0. The smallest absolute Gasteiger partial charge is 0.219 e. The third-order valence-electron chi connectivity index (χ3n) is 3.99. The molecule has 1 N–H and O–H groups in total. The van der Waals surface area contributed by atoms with Crippen molar-refractivity contribution >= 4 is 28.9 Å². The molecule has 1 amide bonds. The molecule has 1 aromatic carbocycles. The van der Waals surface area contributed by atoms with Crippen LogP contribution in [0.25, 0.3) is 0 Å². The molecule has 0 saturated carbocycles. The fourth-order valence-corrected chi connectivity index (χ4v) is 2.76. The van der Waals surface area contributed by atoms with Crippen molar-refractivity contribution in [3.8, 4) is 0 Å². The van der Waals surface area contributed by atoms with Crippen LogP contribution in [-0.4, -0.2) is 47.0 Å². The third kappa shape index (κ3) is 4.17. The van der Waals surface area contributed by atoms with Gasteiger partial charge in [-0.3, -0.25) is 4.79 Å². The molecule has 4 nitrogen and oxygen atoms in total. The number of hydrogen-bond acceptors (Lipinski definition) is 2. The lowest BCUT2D eigenvalue weighted by atomic mass is 10.1. The van der Waals surface area contributed by atoms with Gasteiger partial charge in [-0.05, 0) is 55.7 Å². The molecule has 114 valence electrons. The Kier molecular flexibility index (Phi) is 5.17. The van der Waals surface area contributed by atoms with Crippen LogP contribution in [0.2, 0.25) is 0 Å². The Morgan fingerprint density at radius 3 is 2.43 bits per heavy atom. The van der Waals surface area contributed by atoms with E-state index in [0.29, 0.717) is 0 Å². The molecule has 21 heavy (non-hydrogen) atoms. The molecule has 0 aromatic heterocycles. The van der Waals surface area contributed by atoms with E-state index in [-0.39, 0.29) is 5.91 Å². The van der Waals surface area contributed by atoms with Gasteiger partial charge in [-0.15, -0.1) is 0 Å². The van der Waals surface area contributed by atoms with Gasteiger partial charge in [-0.25, -0.2) is 0 Å². The fourth-order valence-electron chi connectivity index (χ4n) is 2.46. The van der Waals surface area contributed by atoms with Gasteiger partial charge < -0.3 is 15.1 Å². The van der Waals surface area contributed by atoms with Gasteiger partial charge in [0, 0.05) is 38.8 Å². The summed E-state index contributed by atoms with van der Waals surface area (Å²) in [5.74, 6) is 0.143. The number of hydrogen-bond donors (Lipinski definition) is 1. The summed E-state index contributed by atoms with van der Waals surface area (Å²) >= 11 is 5.51.